The van der Waals surface area contributed by atoms with Gasteiger partial charge in [0.1, 0.15) is 16.4 Å². The largest absolute Gasteiger partial charge is 0.497 e. The van der Waals surface area contributed by atoms with E-state index in [1.165, 1.54) is 24.6 Å². The molecule has 0 amide bonds. The molecule has 1 atom stereocenters. The zero-order valence-corrected chi connectivity index (χ0v) is 16.2. The molecule has 1 N–H and O–H groups in total. The van der Waals surface area contributed by atoms with Crippen LogP contribution in [0.3, 0.4) is 0 Å². The fourth-order valence-electron chi connectivity index (χ4n) is 2.85. The molecule has 1 aromatic carbocycles. The van der Waals surface area contributed by atoms with Gasteiger partial charge in [-0.15, -0.1) is 0 Å². The van der Waals surface area contributed by atoms with Crippen molar-refractivity contribution >= 4 is 20.0 Å². The number of hydrogen-bond donors (Lipinski definition) is 1. The Morgan fingerprint density at radius 3 is 2.48 bits per heavy atom. The van der Waals surface area contributed by atoms with Gasteiger partial charge in [0.25, 0.3) is 0 Å². The molecular weight excluding hydrogens is 368 g/mol. The standard InChI is InChI=1S/C15H24N2O6S2/c1-22-13-7-8-14(23-2)15(10-13)25(20,21)17-9-5-4-6-12(17)11-16-24(3,18)19/h7-8,10,12,16H,4-6,9,11H2,1-3H3/t12-/m0/s1. The summed E-state index contributed by atoms with van der Waals surface area (Å²) in [5.74, 6) is 0.628. The third kappa shape index (κ3) is 4.84. The average molecular weight is 392 g/mol. The highest BCUT2D eigenvalue weighted by Gasteiger charge is 2.35. The van der Waals surface area contributed by atoms with Gasteiger partial charge < -0.3 is 9.47 Å². The van der Waals surface area contributed by atoms with Crippen molar-refractivity contribution in [3.05, 3.63) is 18.2 Å². The minimum absolute atomic E-state index is 0.0144. The number of sulfonamides is 2. The third-order valence-electron chi connectivity index (χ3n) is 4.11. The molecule has 2 rings (SSSR count). The quantitative estimate of drug-likeness (QED) is 0.736. The smallest absolute Gasteiger partial charge is 0.247 e. The van der Waals surface area contributed by atoms with E-state index in [2.05, 4.69) is 4.72 Å². The summed E-state index contributed by atoms with van der Waals surface area (Å²) in [5, 5.41) is 0. The van der Waals surface area contributed by atoms with E-state index in [0.717, 1.165) is 19.1 Å². The second-order valence-corrected chi connectivity index (χ2v) is 9.59. The lowest BCUT2D eigenvalue weighted by Crippen LogP contribution is -2.49. The van der Waals surface area contributed by atoms with Crippen LogP contribution in [-0.2, 0) is 20.0 Å². The fourth-order valence-corrected chi connectivity index (χ4v) is 5.21. The first kappa shape index (κ1) is 20.0. The Morgan fingerprint density at radius 1 is 1.16 bits per heavy atom. The summed E-state index contributed by atoms with van der Waals surface area (Å²) in [6.45, 7) is 0.378. The summed E-state index contributed by atoms with van der Waals surface area (Å²) < 4.78 is 63.2. The Bertz CT molecular complexity index is 807. The van der Waals surface area contributed by atoms with Gasteiger partial charge in [-0.05, 0) is 25.0 Å². The normalized spacial score (nSPS) is 19.6. The number of benzene rings is 1. The summed E-state index contributed by atoms with van der Waals surface area (Å²) in [7, 11) is -4.40. The lowest BCUT2D eigenvalue weighted by molar-refractivity contribution is 0.252. The molecule has 8 nitrogen and oxygen atoms in total. The van der Waals surface area contributed by atoms with Crippen molar-refractivity contribution in [2.24, 2.45) is 0 Å². The molecule has 1 aliphatic rings. The summed E-state index contributed by atoms with van der Waals surface area (Å²) in [6.07, 6.45) is 3.21. The van der Waals surface area contributed by atoms with E-state index in [4.69, 9.17) is 9.47 Å². The van der Waals surface area contributed by atoms with Crippen molar-refractivity contribution in [1.82, 2.24) is 9.03 Å². The molecule has 0 bridgehead atoms. The van der Waals surface area contributed by atoms with Gasteiger partial charge in [-0.3, -0.25) is 0 Å². The average Bonchev–Trinajstić information content (AvgIpc) is 2.59. The number of nitrogens with one attached hydrogen (secondary N) is 1. The van der Waals surface area contributed by atoms with Crippen LogP contribution in [0.5, 0.6) is 11.5 Å². The highest BCUT2D eigenvalue weighted by Crippen LogP contribution is 2.33. The van der Waals surface area contributed by atoms with Gasteiger partial charge in [0.2, 0.25) is 20.0 Å². The number of ether oxygens (including phenoxy) is 2. The van der Waals surface area contributed by atoms with Crippen LogP contribution in [0.1, 0.15) is 19.3 Å². The molecule has 0 saturated carbocycles. The number of rotatable bonds is 7. The van der Waals surface area contributed by atoms with E-state index in [-0.39, 0.29) is 17.2 Å². The van der Waals surface area contributed by atoms with Gasteiger partial charge in [0, 0.05) is 25.2 Å². The maximum Gasteiger partial charge on any atom is 0.247 e. The van der Waals surface area contributed by atoms with Crippen molar-refractivity contribution in [3.8, 4) is 11.5 Å². The maximum atomic E-state index is 13.2. The van der Waals surface area contributed by atoms with E-state index in [1.807, 2.05) is 0 Å². The van der Waals surface area contributed by atoms with Gasteiger partial charge >= 0.3 is 0 Å². The Labute approximate surface area is 149 Å². The second-order valence-electron chi connectivity index (χ2n) is 5.90. The Morgan fingerprint density at radius 2 is 1.88 bits per heavy atom. The SMILES string of the molecule is COc1ccc(OC)c(S(=O)(=O)N2CCCC[C@H]2CNS(C)(=O)=O)c1. The lowest BCUT2D eigenvalue weighted by atomic mass is 10.1. The molecule has 25 heavy (non-hydrogen) atoms. The fraction of sp³-hybridized carbons (Fsp3) is 0.600. The molecule has 1 saturated heterocycles. The van der Waals surface area contributed by atoms with Gasteiger partial charge in [0.15, 0.2) is 0 Å². The first-order valence-corrected chi connectivity index (χ1v) is 11.2. The van der Waals surface area contributed by atoms with Crippen LogP contribution in [-0.4, -0.2) is 60.7 Å². The molecule has 142 valence electrons. The van der Waals surface area contributed by atoms with Crippen LogP contribution in [0.15, 0.2) is 23.1 Å². The maximum absolute atomic E-state index is 13.2. The van der Waals surface area contributed by atoms with Crippen molar-refractivity contribution in [2.45, 2.75) is 30.2 Å². The van der Waals surface area contributed by atoms with Crippen LogP contribution in [0.25, 0.3) is 0 Å². The molecule has 10 heteroatoms. The number of piperidine rings is 1. The molecule has 0 aliphatic carbocycles. The van der Waals surface area contributed by atoms with Gasteiger partial charge in [-0.25, -0.2) is 21.6 Å². The Kier molecular flexibility index (Phi) is 6.30. The Balaban J connectivity index is 2.38. The lowest BCUT2D eigenvalue weighted by Gasteiger charge is -2.35. The van der Waals surface area contributed by atoms with Crippen molar-refractivity contribution in [2.75, 3.05) is 33.6 Å². The molecular formula is C15H24N2O6S2. The van der Waals surface area contributed by atoms with Crippen LogP contribution in [0.4, 0.5) is 0 Å². The van der Waals surface area contributed by atoms with Crippen molar-refractivity contribution in [3.63, 3.8) is 0 Å². The molecule has 1 aromatic rings. The predicted octanol–water partition coefficient (Wildman–Crippen LogP) is 0.796. The Hall–Kier alpha value is -1.36. The van der Waals surface area contributed by atoms with Crippen LogP contribution >= 0.6 is 0 Å². The topological polar surface area (TPSA) is 102 Å². The predicted molar refractivity (Wildman–Crippen MR) is 93.9 cm³/mol. The van der Waals surface area contributed by atoms with E-state index >= 15 is 0 Å². The van der Waals surface area contributed by atoms with Crippen molar-refractivity contribution in [1.29, 1.82) is 0 Å². The zero-order valence-electron chi connectivity index (χ0n) is 14.6. The van der Waals surface area contributed by atoms with E-state index in [0.29, 0.717) is 18.7 Å². The first-order chi connectivity index (χ1) is 11.7. The molecule has 1 fully saturated rings. The van der Waals surface area contributed by atoms with Gasteiger partial charge in [-0.2, -0.15) is 4.31 Å². The van der Waals surface area contributed by atoms with Gasteiger partial charge in [0.05, 0.1) is 20.5 Å². The summed E-state index contributed by atoms with van der Waals surface area (Å²) >= 11 is 0. The van der Waals surface area contributed by atoms with Crippen LogP contribution in [0, 0.1) is 0 Å². The van der Waals surface area contributed by atoms with E-state index in [9.17, 15) is 16.8 Å². The van der Waals surface area contributed by atoms with Gasteiger partial charge in [-0.1, -0.05) is 6.42 Å². The molecule has 0 radical (unpaired) electrons. The number of hydrogen-bond acceptors (Lipinski definition) is 6. The highest BCUT2D eigenvalue weighted by molar-refractivity contribution is 7.89. The van der Waals surface area contributed by atoms with E-state index in [1.54, 1.807) is 12.1 Å². The summed E-state index contributed by atoms with van der Waals surface area (Å²) in [6, 6.07) is 4.14. The minimum Gasteiger partial charge on any atom is -0.497 e. The number of nitrogens with zero attached hydrogens (tertiary/aromatic N) is 1. The first-order valence-electron chi connectivity index (χ1n) is 7.87. The second kappa shape index (κ2) is 7.90. The third-order valence-corrected chi connectivity index (χ3v) is 6.78. The molecule has 1 aliphatic heterocycles. The molecule has 0 aromatic heterocycles. The van der Waals surface area contributed by atoms with Crippen LogP contribution in [0.2, 0.25) is 0 Å². The number of methoxy groups -OCH3 is 2. The molecule has 0 unspecified atom stereocenters. The highest BCUT2D eigenvalue weighted by atomic mass is 32.2. The summed E-state index contributed by atoms with van der Waals surface area (Å²) in [5.41, 5.74) is 0. The van der Waals surface area contributed by atoms with Crippen LogP contribution < -0.4 is 14.2 Å². The zero-order chi connectivity index (χ0) is 18.7. The molecule has 1 heterocycles. The summed E-state index contributed by atoms with van der Waals surface area (Å²) in [4.78, 5) is 0.0144. The molecule has 0 spiro atoms. The van der Waals surface area contributed by atoms with Crippen molar-refractivity contribution < 1.29 is 26.3 Å². The van der Waals surface area contributed by atoms with E-state index < -0.39 is 26.1 Å². The minimum atomic E-state index is -3.86. The monoisotopic (exact) mass is 392 g/mol.